The molecule has 0 aromatic heterocycles. The number of hydrogen-bond acceptors (Lipinski definition) is 2. The highest BCUT2D eigenvalue weighted by molar-refractivity contribution is 6.04. The number of ketones is 1. The molecule has 120 valence electrons. The molecule has 0 bridgehead atoms. The van der Waals surface area contributed by atoms with E-state index in [1.807, 2.05) is 58.0 Å². The maximum absolute atomic E-state index is 12.6. The summed E-state index contributed by atoms with van der Waals surface area (Å²) < 4.78 is 0. The van der Waals surface area contributed by atoms with Gasteiger partial charge in [-0.2, -0.15) is 0 Å². The quantitative estimate of drug-likeness (QED) is 0.721. The summed E-state index contributed by atoms with van der Waals surface area (Å²) in [5.41, 5.74) is 1.17. The van der Waals surface area contributed by atoms with Gasteiger partial charge in [-0.25, -0.2) is 0 Å². The first-order valence-corrected chi connectivity index (χ1v) is 7.89. The van der Waals surface area contributed by atoms with E-state index < -0.39 is 5.92 Å². The summed E-state index contributed by atoms with van der Waals surface area (Å²) in [5, 5.41) is 2.88. The smallest absolute Gasteiger partial charge is 0.232 e. The predicted molar refractivity (Wildman–Crippen MR) is 91.6 cm³/mol. The van der Waals surface area contributed by atoms with Crippen LogP contribution in [0.4, 0.5) is 5.69 Å². The molecule has 0 saturated carbocycles. The molecule has 0 saturated heterocycles. The number of Topliss-reactive ketones (excluding diaryl/α,β-unsaturated/α-hetero) is 1. The monoisotopic (exact) mass is 301 g/mol. The average molecular weight is 301 g/mol. The Kier molecular flexibility index (Phi) is 7.03. The lowest BCUT2D eigenvalue weighted by Gasteiger charge is -2.21. The number of rotatable bonds is 8. The van der Waals surface area contributed by atoms with E-state index in [1.165, 1.54) is 0 Å². The lowest BCUT2D eigenvalue weighted by atomic mass is 9.86. The maximum atomic E-state index is 12.6. The molecule has 0 fully saturated rings. The molecule has 3 heteroatoms. The van der Waals surface area contributed by atoms with Gasteiger partial charge in [-0.1, -0.05) is 52.5 Å². The normalized spacial score (nSPS) is 12.3. The molecule has 0 aliphatic rings. The minimum Gasteiger partial charge on any atom is -0.326 e. The highest BCUT2D eigenvalue weighted by Gasteiger charge is 2.27. The van der Waals surface area contributed by atoms with Crippen LogP contribution in [0.2, 0.25) is 0 Å². The molecule has 1 amide bonds. The molecular formula is C19H27NO2. The molecule has 1 aromatic rings. The van der Waals surface area contributed by atoms with E-state index in [0.717, 1.165) is 5.69 Å². The second kappa shape index (κ2) is 8.52. The van der Waals surface area contributed by atoms with Crippen LogP contribution in [0.3, 0.4) is 0 Å². The Morgan fingerprint density at radius 3 is 2.14 bits per heavy atom. The topological polar surface area (TPSA) is 46.2 Å². The summed E-state index contributed by atoms with van der Waals surface area (Å²) in [4.78, 5) is 24.8. The Hall–Kier alpha value is -1.90. The van der Waals surface area contributed by atoms with Crippen molar-refractivity contribution in [2.75, 3.05) is 5.32 Å². The molecule has 0 radical (unpaired) electrons. The summed E-state index contributed by atoms with van der Waals surface area (Å²) in [6.45, 7) is 12.0. The first-order chi connectivity index (χ1) is 10.3. The van der Waals surface area contributed by atoms with Crippen molar-refractivity contribution in [2.45, 2.75) is 40.5 Å². The standard InChI is InChI=1S/C19H27NO2/c1-13(2)11-17(15(5)18(21)12-14(3)4)19(22)20-16-9-7-6-8-10-16/h6-10,13-14,17H,5,11-12H2,1-4H3,(H,20,22)/t17-/m1/s1. The molecule has 0 heterocycles. The van der Waals surface area contributed by atoms with Crippen molar-refractivity contribution in [3.05, 3.63) is 42.5 Å². The van der Waals surface area contributed by atoms with Gasteiger partial charge in [0.2, 0.25) is 5.91 Å². The van der Waals surface area contributed by atoms with Gasteiger partial charge in [-0.05, 0) is 30.4 Å². The van der Waals surface area contributed by atoms with Gasteiger partial charge in [0, 0.05) is 17.7 Å². The molecule has 1 atom stereocenters. The van der Waals surface area contributed by atoms with Crippen molar-refractivity contribution in [3.8, 4) is 0 Å². The number of anilines is 1. The molecule has 0 aliphatic heterocycles. The fraction of sp³-hybridized carbons (Fsp3) is 0.474. The fourth-order valence-electron chi connectivity index (χ4n) is 2.33. The van der Waals surface area contributed by atoms with Gasteiger partial charge >= 0.3 is 0 Å². The Balaban J connectivity index is 2.85. The largest absolute Gasteiger partial charge is 0.326 e. The van der Waals surface area contributed by atoms with Crippen molar-refractivity contribution in [3.63, 3.8) is 0 Å². The SMILES string of the molecule is C=C(C(=O)CC(C)C)[C@@H](CC(C)C)C(=O)Nc1ccccc1. The summed E-state index contributed by atoms with van der Waals surface area (Å²) in [6.07, 6.45) is 1.06. The Labute approximate surface area is 133 Å². The van der Waals surface area contributed by atoms with E-state index in [-0.39, 0.29) is 17.6 Å². The summed E-state index contributed by atoms with van der Waals surface area (Å²) in [5.74, 6) is -0.0476. The van der Waals surface area contributed by atoms with Gasteiger partial charge in [-0.3, -0.25) is 9.59 Å². The van der Waals surface area contributed by atoms with Gasteiger partial charge < -0.3 is 5.32 Å². The second-order valence-corrected chi connectivity index (χ2v) is 6.58. The van der Waals surface area contributed by atoms with Crippen molar-refractivity contribution < 1.29 is 9.59 Å². The van der Waals surface area contributed by atoms with E-state index in [1.54, 1.807) is 0 Å². The molecule has 1 rings (SSSR count). The molecule has 1 N–H and O–H groups in total. The third-order valence-corrected chi connectivity index (χ3v) is 3.44. The van der Waals surface area contributed by atoms with Crippen LogP contribution >= 0.6 is 0 Å². The second-order valence-electron chi connectivity index (χ2n) is 6.58. The summed E-state index contributed by atoms with van der Waals surface area (Å²) in [7, 11) is 0. The van der Waals surface area contributed by atoms with Crippen molar-refractivity contribution >= 4 is 17.4 Å². The molecule has 1 aromatic carbocycles. The van der Waals surface area contributed by atoms with Gasteiger partial charge in [0.05, 0.1) is 5.92 Å². The van der Waals surface area contributed by atoms with E-state index in [4.69, 9.17) is 0 Å². The van der Waals surface area contributed by atoms with Crippen LogP contribution in [-0.2, 0) is 9.59 Å². The Morgan fingerprint density at radius 1 is 1.05 bits per heavy atom. The van der Waals surface area contributed by atoms with E-state index >= 15 is 0 Å². The van der Waals surface area contributed by atoms with Crippen LogP contribution in [0.15, 0.2) is 42.5 Å². The third kappa shape index (κ3) is 5.84. The number of nitrogens with one attached hydrogen (secondary N) is 1. The van der Waals surface area contributed by atoms with E-state index in [9.17, 15) is 9.59 Å². The van der Waals surface area contributed by atoms with Crippen LogP contribution in [0.1, 0.15) is 40.5 Å². The first-order valence-electron chi connectivity index (χ1n) is 7.89. The van der Waals surface area contributed by atoms with E-state index in [2.05, 4.69) is 11.9 Å². The number of benzene rings is 1. The zero-order valence-corrected chi connectivity index (χ0v) is 14.1. The summed E-state index contributed by atoms with van der Waals surface area (Å²) in [6, 6.07) is 9.30. The van der Waals surface area contributed by atoms with Gasteiger partial charge in [0.1, 0.15) is 0 Å². The van der Waals surface area contributed by atoms with Crippen LogP contribution in [0, 0.1) is 17.8 Å². The van der Waals surface area contributed by atoms with Gasteiger partial charge in [0.25, 0.3) is 0 Å². The number of carbonyl (C=O) groups excluding carboxylic acids is 2. The van der Waals surface area contributed by atoms with Gasteiger partial charge in [0.15, 0.2) is 5.78 Å². The van der Waals surface area contributed by atoms with Crippen LogP contribution in [-0.4, -0.2) is 11.7 Å². The predicted octanol–water partition coefficient (Wildman–Crippen LogP) is 4.46. The van der Waals surface area contributed by atoms with Crippen LogP contribution < -0.4 is 5.32 Å². The molecule has 0 unspecified atom stereocenters. The van der Waals surface area contributed by atoms with E-state index in [0.29, 0.717) is 24.3 Å². The maximum Gasteiger partial charge on any atom is 0.232 e. The highest BCUT2D eigenvalue weighted by Crippen LogP contribution is 2.24. The van der Waals surface area contributed by atoms with Crippen LogP contribution in [0.5, 0.6) is 0 Å². The minimum absolute atomic E-state index is 0.0103. The molecular weight excluding hydrogens is 274 g/mol. The number of para-hydroxylation sites is 1. The summed E-state index contributed by atoms with van der Waals surface area (Å²) >= 11 is 0. The fourth-order valence-corrected chi connectivity index (χ4v) is 2.33. The number of carbonyl (C=O) groups is 2. The van der Waals surface area contributed by atoms with Crippen molar-refractivity contribution in [1.29, 1.82) is 0 Å². The first kappa shape index (κ1) is 18.1. The molecule has 3 nitrogen and oxygen atoms in total. The zero-order valence-electron chi connectivity index (χ0n) is 14.1. The zero-order chi connectivity index (χ0) is 16.7. The van der Waals surface area contributed by atoms with Gasteiger partial charge in [-0.15, -0.1) is 0 Å². The molecule has 0 spiro atoms. The number of hydrogen-bond donors (Lipinski definition) is 1. The minimum atomic E-state index is -0.466. The van der Waals surface area contributed by atoms with Crippen molar-refractivity contribution in [2.24, 2.45) is 17.8 Å². The Morgan fingerprint density at radius 2 is 1.64 bits per heavy atom. The van der Waals surface area contributed by atoms with Crippen LogP contribution in [0.25, 0.3) is 0 Å². The molecule has 0 aliphatic carbocycles. The lowest BCUT2D eigenvalue weighted by Crippen LogP contribution is -2.28. The van der Waals surface area contributed by atoms with Crippen molar-refractivity contribution in [1.82, 2.24) is 0 Å². The lowest BCUT2D eigenvalue weighted by molar-refractivity contribution is -0.123. The average Bonchev–Trinajstić information content (AvgIpc) is 2.44. The molecule has 22 heavy (non-hydrogen) atoms. The number of amides is 1. The Bertz CT molecular complexity index is 517. The highest BCUT2D eigenvalue weighted by atomic mass is 16.2. The third-order valence-electron chi connectivity index (χ3n) is 3.44.